The second-order valence-electron chi connectivity index (χ2n) is 10.4. The second-order valence-corrected chi connectivity index (χ2v) is 11.7. The summed E-state index contributed by atoms with van der Waals surface area (Å²) in [4.78, 5) is 44.3. The molecule has 45 heavy (non-hydrogen) atoms. The number of fused-ring (bicyclic) bond motifs is 1. The van der Waals surface area contributed by atoms with E-state index in [1.165, 1.54) is 13.2 Å². The summed E-state index contributed by atoms with van der Waals surface area (Å²) in [5.41, 5.74) is 2.81. The third-order valence-corrected chi connectivity index (χ3v) is 8.22. The lowest BCUT2D eigenvalue weighted by Crippen LogP contribution is -2.57. The van der Waals surface area contributed by atoms with Gasteiger partial charge in [-0.3, -0.25) is 9.59 Å². The first kappa shape index (κ1) is 30.1. The van der Waals surface area contributed by atoms with Crippen LogP contribution >= 0.6 is 27.5 Å². The highest BCUT2D eigenvalue weighted by molar-refractivity contribution is 9.10. The monoisotopic (exact) mass is 680 g/mol. The molecule has 0 saturated carbocycles. The van der Waals surface area contributed by atoms with Crippen molar-refractivity contribution in [3.63, 3.8) is 0 Å². The standard InChI is InChI=1S/C36H26BrClN2O5/c1-22-7-5-10-27(17-22)39-34(41)29(35(42)40(36(39)43)31-12-6-9-25-8-3-4-11-28(25)31)18-24-19-30(37)33(32(20-24)44-2)45-21-23-13-15-26(38)16-14-23/h3-20H,21H2,1-2H3/b29-18+. The van der Waals surface area contributed by atoms with Gasteiger partial charge in [0.15, 0.2) is 11.5 Å². The minimum Gasteiger partial charge on any atom is -0.493 e. The third kappa shape index (κ3) is 5.94. The molecular formula is C36H26BrClN2O5. The maximum absolute atomic E-state index is 14.1. The lowest BCUT2D eigenvalue weighted by Gasteiger charge is -2.34. The number of aryl methyl sites for hydroxylation is 1. The molecular weight excluding hydrogens is 656 g/mol. The van der Waals surface area contributed by atoms with E-state index < -0.39 is 17.8 Å². The molecule has 0 N–H and O–H groups in total. The molecule has 1 heterocycles. The van der Waals surface area contributed by atoms with Crippen molar-refractivity contribution in [3.05, 3.63) is 135 Å². The lowest BCUT2D eigenvalue weighted by molar-refractivity contribution is -0.121. The van der Waals surface area contributed by atoms with Gasteiger partial charge in [-0.15, -0.1) is 0 Å². The van der Waals surface area contributed by atoms with Crippen LogP contribution in [0.1, 0.15) is 16.7 Å². The van der Waals surface area contributed by atoms with Gasteiger partial charge < -0.3 is 9.47 Å². The smallest absolute Gasteiger partial charge is 0.343 e. The summed E-state index contributed by atoms with van der Waals surface area (Å²) in [6.07, 6.45) is 1.47. The maximum Gasteiger partial charge on any atom is 0.343 e. The average Bonchev–Trinajstić information content (AvgIpc) is 3.03. The van der Waals surface area contributed by atoms with Crippen molar-refractivity contribution in [2.75, 3.05) is 16.9 Å². The molecule has 0 spiro atoms. The molecule has 9 heteroatoms. The number of anilines is 2. The molecule has 0 aliphatic carbocycles. The molecule has 0 bridgehead atoms. The average molecular weight is 682 g/mol. The van der Waals surface area contributed by atoms with Crippen LogP contribution in [0.5, 0.6) is 11.5 Å². The van der Waals surface area contributed by atoms with E-state index in [9.17, 15) is 14.4 Å². The summed E-state index contributed by atoms with van der Waals surface area (Å²) in [7, 11) is 1.51. The quantitative estimate of drug-likeness (QED) is 0.127. The van der Waals surface area contributed by atoms with Crippen molar-refractivity contribution in [2.24, 2.45) is 0 Å². The van der Waals surface area contributed by atoms with Crippen LogP contribution < -0.4 is 19.3 Å². The van der Waals surface area contributed by atoms with Crippen molar-refractivity contribution in [1.82, 2.24) is 0 Å². The largest absolute Gasteiger partial charge is 0.493 e. The number of carbonyl (C=O) groups is 3. The Balaban J connectivity index is 1.44. The molecule has 5 aromatic carbocycles. The summed E-state index contributed by atoms with van der Waals surface area (Å²) in [6.45, 7) is 2.13. The van der Waals surface area contributed by atoms with Crippen molar-refractivity contribution >= 4 is 73.6 Å². The zero-order chi connectivity index (χ0) is 31.7. The number of methoxy groups -OCH3 is 1. The van der Waals surface area contributed by atoms with Crippen LogP contribution in [-0.4, -0.2) is 25.0 Å². The molecule has 1 fully saturated rings. The number of imide groups is 2. The molecule has 6 rings (SSSR count). The molecule has 7 nitrogen and oxygen atoms in total. The summed E-state index contributed by atoms with van der Waals surface area (Å²) in [5.74, 6) is -0.628. The van der Waals surface area contributed by atoms with E-state index in [0.29, 0.717) is 43.3 Å². The van der Waals surface area contributed by atoms with Crippen molar-refractivity contribution in [3.8, 4) is 11.5 Å². The molecule has 0 aromatic heterocycles. The Morgan fingerprint density at radius 2 is 1.53 bits per heavy atom. The fourth-order valence-electron chi connectivity index (χ4n) is 5.21. The van der Waals surface area contributed by atoms with Crippen molar-refractivity contribution < 1.29 is 23.9 Å². The number of hydrogen-bond acceptors (Lipinski definition) is 5. The van der Waals surface area contributed by atoms with Crippen LogP contribution in [-0.2, 0) is 16.2 Å². The number of ether oxygens (including phenoxy) is 2. The van der Waals surface area contributed by atoms with Gasteiger partial charge in [-0.25, -0.2) is 14.6 Å². The topological polar surface area (TPSA) is 76.2 Å². The molecule has 0 radical (unpaired) electrons. The first-order chi connectivity index (χ1) is 21.7. The first-order valence-electron chi connectivity index (χ1n) is 14.0. The van der Waals surface area contributed by atoms with Crippen LogP contribution in [0.15, 0.2) is 113 Å². The third-order valence-electron chi connectivity index (χ3n) is 7.38. The van der Waals surface area contributed by atoms with Gasteiger partial charge in [-0.2, -0.15) is 0 Å². The van der Waals surface area contributed by atoms with Gasteiger partial charge in [0, 0.05) is 10.4 Å². The minimum atomic E-state index is -0.756. The van der Waals surface area contributed by atoms with Gasteiger partial charge >= 0.3 is 6.03 Å². The fourth-order valence-corrected chi connectivity index (χ4v) is 5.91. The van der Waals surface area contributed by atoms with Gasteiger partial charge in [0.1, 0.15) is 12.2 Å². The number of benzene rings is 5. The predicted octanol–water partition coefficient (Wildman–Crippen LogP) is 8.74. The highest BCUT2D eigenvalue weighted by atomic mass is 79.9. The van der Waals surface area contributed by atoms with Crippen LogP contribution in [0.2, 0.25) is 5.02 Å². The van der Waals surface area contributed by atoms with E-state index in [0.717, 1.165) is 26.3 Å². The van der Waals surface area contributed by atoms with E-state index in [2.05, 4.69) is 15.9 Å². The maximum atomic E-state index is 14.1. The van der Waals surface area contributed by atoms with Crippen molar-refractivity contribution in [2.45, 2.75) is 13.5 Å². The van der Waals surface area contributed by atoms with Gasteiger partial charge in [-0.1, -0.05) is 72.3 Å². The van der Waals surface area contributed by atoms with Crippen molar-refractivity contribution in [1.29, 1.82) is 0 Å². The van der Waals surface area contributed by atoms with E-state index in [1.807, 2.05) is 55.5 Å². The molecule has 1 aliphatic heterocycles. The molecule has 0 atom stereocenters. The Morgan fingerprint density at radius 1 is 0.822 bits per heavy atom. The van der Waals surface area contributed by atoms with Crippen LogP contribution in [0.4, 0.5) is 16.2 Å². The highest BCUT2D eigenvalue weighted by Gasteiger charge is 2.44. The van der Waals surface area contributed by atoms with Crippen LogP contribution in [0.3, 0.4) is 0 Å². The van der Waals surface area contributed by atoms with E-state index in [-0.39, 0.29) is 12.2 Å². The van der Waals surface area contributed by atoms with Gasteiger partial charge in [0.25, 0.3) is 11.8 Å². The number of barbiturate groups is 1. The van der Waals surface area contributed by atoms with Gasteiger partial charge in [0.2, 0.25) is 0 Å². The summed E-state index contributed by atoms with van der Waals surface area (Å²) in [6, 6.07) is 29.8. The molecule has 0 unspecified atom stereocenters. The summed E-state index contributed by atoms with van der Waals surface area (Å²) < 4.78 is 12.2. The van der Waals surface area contributed by atoms with Crippen LogP contribution in [0, 0.1) is 6.92 Å². The van der Waals surface area contributed by atoms with E-state index in [4.69, 9.17) is 21.1 Å². The lowest BCUT2D eigenvalue weighted by atomic mass is 10.0. The molecule has 5 aromatic rings. The van der Waals surface area contributed by atoms with Gasteiger partial charge in [-0.05, 0) is 93.5 Å². The number of carbonyl (C=O) groups excluding carboxylic acids is 3. The minimum absolute atomic E-state index is 0.187. The van der Waals surface area contributed by atoms with Crippen LogP contribution in [0.25, 0.3) is 16.8 Å². The van der Waals surface area contributed by atoms with Gasteiger partial charge in [0.05, 0.1) is 23.0 Å². The molecule has 1 saturated heterocycles. The summed E-state index contributed by atoms with van der Waals surface area (Å²) >= 11 is 9.56. The molecule has 4 amide bonds. The molecule has 224 valence electrons. The number of amides is 4. The Bertz CT molecular complexity index is 2000. The number of hydrogen-bond donors (Lipinski definition) is 0. The number of nitrogens with zero attached hydrogens (tertiary/aromatic N) is 2. The first-order valence-corrected chi connectivity index (χ1v) is 15.2. The zero-order valence-corrected chi connectivity index (χ0v) is 26.6. The zero-order valence-electron chi connectivity index (χ0n) is 24.3. The summed E-state index contributed by atoms with van der Waals surface area (Å²) in [5, 5.41) is 2.18. The number of halogens is 2. The second kappa shape index (κ2) is 12.6. The normalized spacial score (nSPS) is 14.4. The SMILES string of the molecule is COc1cc(/C=C2\C(=O)N(c3cccc(C)c3)C(=O)N(c3cccc4ccccc34)C2=O)cc(Br)c1OCc1ccc(Cl)cc1. The highest BCUT2D eigenvalue weighted by Crippen LogP contribution is 2.39. The Hall–Kier alpha value is -4.92. The number of urea groups is 1. The van der Waals surface area contributed by atoms with E-state index in [1.54, 1.807) is 54.6 Å². The Morgan fingerprint density at radius 3 is 2.29 bits per heavy atom. The number of rotatable bonds is 7. The Kier molecular flexibility index (Phi) is 8.43. The van der Waals surface area contributed by atoms with E-state index >= 15 is 0 Å². The Labute approximate surface area is 273 Å². The fraction of sp³-hybridized carbons (Fsp3) is 0.0833. The predicted molar refractivity (Wildman–Crippen MR) is 180 cm³/mol. The molecule has 1 aliphatic rings.